The van der Waals surface area contributed by atoms with Gasteiger partial charge in [0.25, 0.3) is 0 Å². The first-order valence-electron chi connectivity index (χ1n) is 4.24. The third-order valence-electron chi connectivity index (χ3n) is 1.62. The highest BCUT2D eigenvalue weighted by Gasteiger charge is 2.13. The standard InChI is InChI=1S/C9H19NO2/c1-7(8(10)11)12-6-5-9(2,3)4/h7H,5-6H2,1-4H3,(H2,10,11). The molecule has 3 nitrogen and oxygen atoms in total. The number of amides is 1. The monoisotopic (exact) mass is 173 g/mol. The fourth-order valence-electron chi connectivity index (χ4n) is 0.624. The molecule has 0 bridgehead atoms. The van der Waals surface area contributed by atoms with E-state index in [0.29, 0.717) is 6.61 Å². The summed E-state index contributed by atoms with van der Waals surface area (Å²) in [4.78, 5) is 10.6. The van der Waals surface area contributed by atoms with Gasteiger partial charge in [0.1, 0.15) is 6.10 Å². The van der Waals surface area contributed by atoms with Crippen molar-refractivity contribution in [3.05, 3.63) is 0 Å². The van der Waals surface area contributed by atoms with Gasteiger partial charge >= 0.3 is 0 Å². The normalized spacial score (nSPS) is 14.3. The number of carbonyl (C=O) groups is 1. The highest BCUT2D eigenvalue weighted by molar-refractivity contribution is 5.78. The van der Waals surface area contributed by atoms with E-state index in [4.69, 9.17) is 10.5 Å². The van der Waals surface area contributed by atoms with Gasteiger partial charge in [0.15, 0.2) is 0 Å². The molecule has 12 heavy (non-hydrogen) atoms. The Morgan fingerprint density at radius 1 is 1.50 bits per heavy atom. The van der Waals surface area contributed by atoms with Crippen LogP contribution in [0.25, 0.3) is 0 Å². The first kappa shape index (κ1) is 11.4. The number of carbonyl (C=O) groups excluding carboxylic acids is 1. The maximum absolute atomic E-state index is 10.6. The Bertz CT molecular complexity index is 149. The predicted octanol–water partition coefficient (Wildman–Crippen LogP) is 1.31. The summed E-state index contributed by atoms with van der Waals surface area (Å²) in [6, 6.07) is 0. The fraction of sp³-hybridized carbons (Fsp3) is 0.889. The van der Waals surface area contributed by atoms with Gasteiger partial charge in [0.05, 0.1) is 0 Å². The van der Waals surface area contributed by atoms with Crippen molar-refractivity contribution in [1.82, 2.24) is 0 Å². The Kier molecular flexibility index (Phi) is 4.24. The Morgan fingerprint density at radius 3 is 2.33 bits per heavy atom. The summed E-state index contributed by atoms with van der Waals surface area (Å²) in [6.07, 6.45) is 0.470. The smallest absolute Gasteiger partial charge is 0.246 e. The van der Waals surface area contributed by atoms with E-state index in [9.17, 15) is 4.79 Å². The molecular weight excluding hydrogens is 154 g/mol. The van der Waals surface area contributed by atoms with Crippen molar-refractivity contribution < 1.29 is 9.53 Å². The average Bonchev–Trinajstić information content (AvgIpc) is 1.84. The molecule has 0 fully saturated rings. The Morgan fingerprint density at radius 2 is 2.00 bits per heavy atom. The first-order chi connectivity index (χ1) is 5.33. The number of hydrogen-bond acceptors (Lipinski definition) is 2. The number of ether oxygens (including phenoxy) is 1. The van der Waals surface area contributed by atoms with Gasteiger partial charge in [-0.2, -0.15) is 0 Å². The van der Waals surface area contributed by atoms with Crippen LogP contribution >= 0.6 is 0 Å². The highest BCUT2D eigenvalue weighted by Crippen LogP contribution is 2.18. The minimum absolute atomic E-state index is 0.247. The van der Waals surface area contributed by atoms with Crippen LogP contribution < -0.4 is 5.73 Å². The van der Waals surface area contributed by atoms with Crippen molar-refractivity contribution in [2.24, 2.45) is 11.1 Å². The largest absolute Gasteiger partial charge is 0.369 e. The summed E-state index contributed by atoms with van der Waals surface area (Å²) in [6.45, 7) is 8.65. The zero-order chi connectivity index (χ0) is 9.78. The summed E-state index contributed by atoms with van der Waals surface area (Å²) in [5.74, 6) is -0.399. The van der Waals surface area contributed by atoms with Crippen LogP contribution in [0.3, 0.4) is 0 Å². The first-order valence-corrected chi connectivity index (χ1v) is 4.24. The second-order valence-electron chi connectivity index (χ2n) is 4.23. The van der Waals surface area contributed by atoms with Crippen molar-refractivity contribution in [2.45, 2.75) is 40.2 Å². The number of nitrogens with two attached hydrogens (primary N) is 1. The topological polar surface area (TPSA) is 52.3 Å². The third kappa shape index (κ3) is 6.16. The lowest BCUT2D eigenvalue weighted by Gasteiger charge is -2.18. The molecule has 1 atom stereocenters. The molecule has 72 valence electrons. The molecule has 0 rings (SSSR count). The van der Waals surface area contributed by atoms with Gasteiger partial charge < -0.3 is 10.5 Å². The van der Waals surface area contributed by atoms with Crippen molar-refractivity contribution in [2.75, 3.05) is 6.61 Å². The van der Waals surface area contributed by atoms with Crippen LogP contribution in [0.2, 0.25) is 0 Å². The van der Waals surface area contributed by atoms with Gasteiger partial charge in [-0.1, -0.05) is 20.8 Å². The van der Waals surface area contributed by atoms with E-state index in [1.54, 1.807) is 6.92 Å². The Labute approximate surface area is 74.3 Å². The molecule has 0 aliphatic rings. The third-order valence-corrected chi connectivity index (χ3v) is 1.62. The molecule has 1 amide bonds. The SMILES string of the molecule is CC(OCCC(C)(C)C)C(N)=O. The van der Waals surface area contributed by atoms with Crippen LogP contribution in [0.15, 0.2) is 0 Å². The summed E-state index contributed by atoms with van der Waals surface area (Å²) >= 11 is 0. The van der Waals surface area contributed by atoms with Crippen LogP contribution in [0.4, 0.5) is 0 Å². The van der Waals surface area contributed by atoms with Crippen LogP contribution in [-0.2, 0) is 9.53 Å². The van der Waals surface area contributed by atoms with E-state index in [-0.39, 0.29) is 5.41 Å². The van der Waals surface area contributed by atoms with Crippen molar-refractivity contribution in [3.63, 3.8) is 0 Å². The van der Waals surface area contributed by atoms with Crippen molar-refractivity contribution >= 4 is 5.91 Å². The lowest BCUT2D eigenvalue weighted by Crippen LogP contribution is -2.29. The molecule has 0 radical (unpaired) electrons. The maximum atomic E-state index is 10.6. The van der Waals surface area contributed by atoms with E-state index < -0.39 is 12.0 Å². The zero-order valence-corrected chi connectivity index (χ0v) is 8.39. The predicted molar refractivity (Wildman–Crippen MR) is 48.7 cm³/mol. The van der Waals surface area contributed by atoms with Crippen LogP contribution in [0, 0.1) is 5.41 Å². The minimum Gasteiger partial charge on any atom is -0.369 e. The van der Waals surface area contributed by atoms with Gasteiger partial charge in [-0.3, -0.25) is 4.79 Å². The molecule has 0 saturated carbocycles. The number of hydrogen-bond donors (Lipinski definition) is 1. The molecule has 0 heterocycles. The molecule has 0 aromatic carbocycles. The summed E-state index contributed by atoms with van der Waals surface area (Å²) in [7, 11) is 0. The van der Waals surface area contributed by atoms with E-state index in [1.807, 2.05) is 0 Å². The minimum atomic E-state index is -0.465. The molecule has 0 aliphatic carbocycles. The molecular formula is C9H19NO2. The van der Waals surface area contributed by atoms with Crippen molar-refractivity contribution in [3.8, 4) is 0 Å². The molecule has 0 spiro atoms. The summed E-state index contributed by atoms with van der Waals surface area (Å²) < 4.78 is 5.20. The maximum Gasteiger partial charge on any atom is 0.246 e. The fourth-order valence-corrected chi connectivity index (χ4v) is 0.624. The Balaban J connectivity index is 3.51. The van der Waals surface area contributed by atoms with Crippen molar-refractivity contribution in [1.29, 1.82) is 0 Å². The van der Waals surface area contributed by atoms with E-state index >= 15 is 0 Å². The van der Waals surface area contributed by atoms with Gasteiger partial charge in [-0.25, -0.2) is 0 Å². The van der Waals surface area contributed by atoms with Gasteiger partial charge in [-0.15, -0.1) is 0 Å². The lowest BCUT2D eigenvalue weighted by molar-refractivity contribution is -0.128. The van der Waals surface area contributed by atoms with Crippen LogP contribution in [-0.4, -0.2) is 18.6 Å². The van der Waals surface area contributed by atoms with Gasteiger partial charge in [0.2, 0.25) is 5.91 Å². The molecule has 0 aromatic heterocycles. The van der Waals surface area contributed by atoms with Crippen LogP contribution in [0.5, 0.6) is 0 Å². The second-order valence-corrected chi connectivity index (χ2v) is 4.23. The van der Waals surface area contributed by atoms with E-state index in [1.165, 1.54) is 0 Å². The molecule has 2 N–H and O–H groups in total. The summed E-state index contributed by atoms with van der Waals surface area (Å²) in [5, 5.41) is 0. The quantitative estimate of drug-likeness (QED) is 0.697. The van der Waals surface area contributed by atoms with E-state index in [2.05, 4.69) is 20.8 Å². The molecule has 3 heteroatoms. The molecule has 1 unspecified atom stereocenters. The molecule has 0 aromatic rings. The summed E-state index contributed by atoms with van der Waals surface area (Å²) in [5.41, 5.74) is 5.27. The Hall–Kier alpha value is -0.570. The van der Waals surface area contributed by atoms with Gasteiger partial charge in [-0.05, 0) is 18.8 Å². The molecule has 0 saturated heterocycles. The number of rotatable bonds is 4. The zero-order valence-electron chi connectivity index (χ0n) is 8.39. The molecule has 0 aliphatic heterocycles. The van der Waals surface area contributed by atoms with Crippen LogP contribution in [0.1, 0.15) is 34.1 Å². The number of primary amides is 1. The van der Waals surface area contributed by atoms with E-state index in [0.717, 1.165) is 6.42 Å². The highest BCUT2D eigenvalue weighted by atomic mass is 16.5. The second kappa shape index (κ2) is 4.45. The average molecular weight is 173 g/mol. The van der Waals surface area contributed by atoms with Gasteiger partial charge in [0, 0.05) is 6.61 Å². The lowest BCUT2D eigenvalue weighted by atomic mass is 9.93.